The van der Waals surface area contributed by atoms with Crippen molar-refractivity contribution >= 4 is 45.1 Å². The lowest BCUT2D eigenvalue weighted by molar-refractivity contribution is 1.01. The number of hydrogen-bond acceptors (Lipinski definition) is 7. The molecule has 1 aliphatic rings. The van der Waals surface area contributed by atoms with Crippen molar-refractivity contribution in [3.05, 3.63) is 22.8 Å². The highest BCUT2D eigenvalue weighted by atomic mass is 32.1. The first-order valence-corrected chi connectivity index (χ1v) is 7.86. The minimum Gasteiger partial charge on any atom is -0.366 e. The van der Waals surface area contributed by atoms with Gasteiger partial charge in [-0.3, -0.25) is 14.4 Å². The summed E-state index contributed by atoms with van der Waals surface area (Å²) in [7, 11) is 0. The molecule has 0 spiro atoms. The van der Waals surface area contributed by atoms with E-state index in [1.807, 2.05) is 19.3 Å². The van der Waals surface area contributed by atoms with Crippen LogP contribution in [0, 0.1) is 6.92 Å². The molecule has 0 atom stereocenters. The Hall–Kier alpha value is -2.32. The van der Waals surface area contributed by atoms with Gasteiger partial charge in [0.1, 0.15) is 17.0 Å². The molecule has 0 amide bonds. The van der Waals surface area contributed by atoms with Gasteiger partial charge in [0, 0.05) is 25.0 Å². The number of thiophene rings is 1. The molecule has 7 nitrogen and oxygen atoms in total. The van der Waals surface area contributed by atoms with Crippen LogP contribution >= 0.6 is 11.3 Å². The van der Waals surface area contributed by atoms with Crippen LogP contribution in [0.2, 0.25) is 0 Å². The number of anilines is 1. The summed E-state index contributed by atoms with van der Waals surface area (Å²) in [5, 5.41) is 3.25. The van der Waals surface area contributed by atoms with Gasteiger partial charge in [0.2, 0.25) is 0 Å². The maximum absolute atomic E-state index is 5.58. The van der Waals surface area contributed by atoms with E-state index in [1.54, 1.807) is 11.3 Å². The van der Waals surface area contributed by atoms with Crippen LogP contribution in [-0.4, -0.2) is 46.1 Å². The van der Waals surface area contributed by atoms with Crippen molar-refractivity contribution < 1.29 is 0 Å². The lowest BCUT2D eigenvalue weighted by Crippen LogP contribution is -2.14. The van der Waals surface area contributed by atoms with Crippen molar-refractivity contribution in [1.29, 1.82) is 0 Å². The number of aromatic nitrogens is 3. The number of fused-ring (bicyclic) bond motifs is 3. The number of aryl methyl sites for hydroxylation is 1. The van der Waals surface area contributed by atoms with Crippen molar-refractivity contribution in [2.45, 2.75) is 6.92 Å². The average Bonchev–Trinajstić information content (AvgIpc) is 3.23. The van der Waals surface area contributed by atoms with Crippen LogP contribution in [0.4, 0.5) is 5.82 Å². The van der Waals surface area contributed by atoms with Crippen molar-refractivity contribution in [3.63, 3.8) is 0 Å². The Balaban J connectivity index is 1.96. The highest BCUT2D eigenvalue weighted by molar-refractivity contribution is 7.21. The molecular formula is C14H15N7S. The summed E-state index contributed by atoms with van der Waals surface area (Å²) in [6.07, 6.45) is 3.67. The van der Waals surface area contributed by atoms with Gasteiger partial charge in [-0.15, -0.1) is 11.3 Å². The summed E-state index contributed by atoms with van der Waals surface area (Å²) in [6, 6.07) is 2.06. The Morgan fingerprint density at radius 1 is 1.45 bits per heavy atom. The Morgan fingerprint density at radius 2 is 2.36 bits per heavy atom. The molecule has 0 aliphatic carbocycles. The van der Waals surface area contributed by atoms with E-state index < -0.39 is 0 Å². The van der Waals surface area contributed by atoms with Crippen LogP contribution in [0.15, 0.2) is 22.2 Å². The molecule has 0 unspecified atom stereocenters. The van der Waals surface area contributed by atoms with Gasteiger partial charge in [-0.25, -0.2) is 9.97 Å². The van der Waals surface area contributed by atoms with Crippen LogP contribution in [0.1, 0.15) is 10.6 Å². The van der Waals surface area contributed by atoms with Crippen LogP contribution in [0.3, 0.4) is 0 Å². The molecule has 0 bridgehead atoms. The third-order valence-corrected chi connectivity index (χ3v) is 4.64. The van der Waals surface area contributed by atoms with E-state index in [4.69, 9.17) is 10.7 Å². The summed E-state index contributed by atoms with van der Waals surface area (Å²) >= 11 is 1.66. The fourth-order valence-corrected chi connectivity index (χ4v) is 3.64. The first kappa shape index (κ1) is 13.4. The maximum Gasteiger partial charge on any atom is 0.181 e. The predicted octanol–water partition coefficient (Wildman–Crippen LogP) is 1.45. The summed E-state index contributed by atoms with van der Waals surface area (Å²) in [5.41, 5.74) is 9.33. The van der Waals surface area contributed by atoms with Gasteiger partial charge in [-0.05, 0) is 13.0 Å². The first-order chi connectivity index (χ1) is 10.8. The number of aliphatic imine (C=N–C) groups is 2. The second kappa shape index (κ2) is 5.15. The molecule has 0 aromatic carbocycles. The Morgan fingerprint density at radius 3 is 3.14 bits per heavy atom. The molecule has 0 fully saturated rings. The summed E-state index contributed by atoms with van der Waals surface area (Å²) in [5.74, 6) is 0.762. The van der Waals surface area contributed by atoms with Crippen molar-refractivity contribution in [1.82, 2.24) is 14.4 Å². The van der Waals surface area contributed by atoms with Crippen LogP contribution in [-0.2, 0) is 0 Å². The lowest BCUT2D eigenvalue weighted by atomic mass is 10.3. The molecule has 0 saturated carbocycles. The van der Waals surface area contributed by atoms with Gasteiger partial charge in [-0.2, -0.15) is 0 Å². The minimum absolute atomic E-state index is 0.514. The van der Waals surface area contributed by atoms with Gasteiger partial charge in [0.05, 0.1) is 16.8 Å². The zero-order chi connectivity index (χ0) is 15.1. The van der Waals surface area contributed by atoms with E-state index in [0.717, 1.165) is 38.1 Å². The van der Waals surface area contributed by atoms with Gasteiger partial charge >= 0.3 is 0 Å². The molecule has 4 rings (SSSR count). The molecule has 112 valence electrons. The SMILES string of the molecule is Cc1cnc2c(NCCN)nc3cc(C4=NCN=C4)sc3n12. The van der Waals surface area contributed by atoms with E-state index >= 15 is 0 Å². The quantitative estimate of drug-likeness (QED) is 0.762. The van der Waals surface area contributed by atoms with Gasteiger partial charge in [-0.1, -0.05) is 0 Å². The van der Waals surface area contributed by atoms with E-state index in [1.165, 1.54) is 0 Å². The number of rotatable bonds is 4. The largest absolute Gasteiger partial charge is 0.366 e. The predicted molar refractivity (Wildman–Crippen MR) is 90.5 cm³/mol. The molecule has 3 aromatic rings. The van der Waals surface area contributed by atoms with Crippen molar-refractivity contribution in [3.8, 4) is 0 Å². The fourth-order valence-electron chi connectivity index (χ4n) is 2.51. The molecule has 4 heterocycles. The van der Waals surface area contributed by atoms with E-state index in [-0.39, 0.29) is 0 Å². The second-order valence-electron chi connectivity index (χ2n) is 5.03. The number of nitrogens with zero attached hydrogens (tertiary/aromatic N) is 5. The highest BCUT2D eigenvalue weighted by Crippen LogP contribution is 2.30. The third kappa shape index (κ3) is 1.99. The Kier molecular flexibility index (Phi) is 3.12. The van der Waals surface area contributed by atoms with Crippen LogP contribution in [0.25, 0.3) is 16.0 Å². The van der Waals surface area contributed by atoms with E-state index in [0.29, 0.717) is 19.8 Å². The monoisotopic (exact) mass is 313 g/mol. The molecule has 0 radical (unpaired) electrons. The average molecular weight is 313 g/mol. The van der Waals surface area contributed by atoms with Crippen LogP contribution < -0.4 is 11.1 Å². The van der Waals surface area contributed by atoms with Crippen LogP contribution in [0.5, 0.6) is 0 Å². The molecular weight excluding hydrogens is 298 g/mol. The minimum atomic E-state index is 0.514. The zero-order valence-corrected chi connectivity index (χ0v) is 12.9. The summed E-state index contributed by atoms with van der Waals surface area (Å²) in [6.45, 7) is 3.77. The van der Waals surface area contributed by atoms with E-state index in [9.17, 15) is 0 Å². The first-order valence-electron chi connectivity index (χ1n) is 7.04. The normalized spacial score (nSPS) is 14.2. The van der Waals surface area contributed by atoms with Crippen molar-refractivity contribution in [2.75, 3.05) is 25.1 Å². The number of nitrogens with two attached hydrogens (primary N) is 1. The summed E-state index contributed by atoms with van der Waals surface area (Å²) in [4.78, 5) is 19.9. The van der Waals surface area contributed by atoms with Gasteiger partial charge in [0.15, 0.2) is 11.5 Å². The van der Waals surface area contributed by atoms with E-state index in [2.05, 4.69) is 30.8 Å². The fraction of sp³-hybridized carbons (Fsp3) is 0.286. The molecule has 0 saturated heterocycles. The molecule has 1 aliphatic heterocycles. The summed E-state index contributed by atoms with van der Waals surface area (Å²) < 4.78 is 2.13. The topological polar surface area (TPSA) is 93.0 Å². The lowest BCUT2D eigenvalue weighted by Gasteiger charge is -2.07. The molecule has 3 N–H and O–H groups in total. The zero-order valence-electron chi connectivity index (χ0n) is 12.1. The maximum atomic E-state index is 5.58. The Labute approximate surface area is 130 Å². The molecule has 8 heteroatoms. The third-order valence-electron chi connectivity index (χ3n) is 3.50. The second-order valence-corrected chi connectivity index (χ2v) is 6.06. The molecule has 22 heavy (non-hydrogen) atoms. The Bertz CT molecular complexity index is 918. The standard InChI is InChI=1S/C14H15N7S/c1-8-5-18-13-12(17-3-2-15)20-9-4-11(10-6-16-7-19-10)22-14(9)21(8)13/h4-6H,2-3,7,15H2,1H3,(H,17,20). The van der Waals surface area contributed by atoms with Crippen molar-refractivity contribution in [2.24, 2.45) is 15.7 Å². The number of nitrogens with one attached hydrogen (secondary N) is 1. The number of imidazole rings is 1. The number of hydrogen-bond donors (Lipinski definition) is 2. The molecule has 3 aromatic heterocycles. The van der Waals surface area contributed by atoms with Gasteiger partial charge < -0.3 is 11.1 Å². The smallest absolute Gasteiger partial charge is 0.181 e. The van der Waals surface area contributed by atoms with Gasteiger partial charge in [0.25, 0.3) is 0 Å². The highest BCUT2D eigenvalue weighted by Gasteiger charge is 2.16.